The zero-order chi connectivity index (χ0) is 21.6. The number of likely N-dealkylation sites (N-methyl/N-ethyl adjacent to an activating group) is 1. The number of hydrogen-bond acceptors (Lipinski definition) is 5. The van der Waals surface area contributed by atoms with E-state index in [1.54, 1.807) is 16.5 Å². The van der Waals surface area contributed by atoms with Crippen molar-refractivity contribution >= 4 is 11.6 Å². The van der Waals surface area contributed by atoms with Crippen LogP contribution < -0.4 is 16.5 Å². The molecule has 1 aromatic carbocycles. The number of benzene rings is 1. The number of hydrogen-bond donors (Lipinski definition) is 3. The van der Waals surface area contributed by atoms with Crippen LogP contribution in [-0.2, 0) is 13.1 Å². The number of amides is 1. The Hall–Kier alpha value is -3.36. The number of carbonyl (C=O) groups excluding carboxylic acids is 1. The lowest BCUT2D eigenvalue weighted by molar-refractivity contribution is 0.00666. The summed E-state index contributed by atoms with van der Waals surface area (Å²) in [7, 11) is 1.69. The molecule has 9 heteroatoms. The van der Waals surface area contributed by atoms with Gasteiger partial charge in [-0.3, -0.25) is 9.59 Å². The predicted octanol–water partition coefficient (Wildman–Crippen LogP) is 1.89. The van der Waals surface area contributed by atoms with E-state index in [-0.39, 0.29) is 34.6 Å². The predicted molar refractivity (Wildman–Crippen MR) is 106 cm³/mol. The van der Waals surface area contributed by atoms with Gasteiger partial charge in [0.15, 0.2) is 11.4 Å². The molecule has 4 N–H and O–H groups in total. The van der Waals surface area contributed by atoms with E-state index >= 15 is 0 Å². The van der Waals surface area contributed by atoms with Crippen LogP contribution >= 0.6 is 0 Å². The molecule has 4 rings (SSSR count). The van der Waals surface area contributed by atoms with Crippen LogP contribution in [0.3, 0.4) is 0 Å². The topological polar surface area (TPSA) is 101 Å². The Morgan fingerprint density at radius 2 is 2.07 bits per heavy atom. The van der Waals surface area contributed by atoms with Gasteiger partial charge in [0.1, 0.15) is 11.6 Å². The van der Waals surface area contributed by atoms with Crippen LogP contribution in [0.4, 0.5) is 8.78 Å². The monoisotopic (exact) mass is 416 g/mol. The molecule has 1 spiro atoms. The number of carbonyl (C=O) groups is 1. The molecule has 1 amide bonds. The Morgan fingerprint density at radius 1 is 1.33 bits per heavy atom. The second-order valence-electron chi connectivity index (χ2n) is 7.86. The summed E-state index contributed by atoms with van der Waals surface area (Å²) in [6.07, 6.45) is 5.52. The standard InChI is InChI=1S/C21H22F2N4O3/c1-26-20(30)17-19(29)18(28)14(10-27(17)11-21(26)5-2-6-21)16(24)9-25-8-12-3-4-13(22)7-15(12)23/h3-4,7,9-10,25,29H,2,5-6,8,11,24H2,1H3/b16-9-. The van der Waals surface area contributed by atoms with Crippen molar-refractivity contribution in [1.29, 1.82) is 0 Å². The summed E-state index contributed by atoms with van der Waals surface area (Å²) >= 11 is 0. The van der Waals surface area contributed by atoms with E-state index in [1.165, 1.54) is 18.5 Å². The molecule has 1 fully saturated rings. The van der Waals surface area contributed by atoms with Crippen molar-refractivity contribution < 1.29 is 18.7 Å². The lowest BCUT2D eigenvalue weighted by Gasteiger charge is -2.52. The minimum atomic E-state index is -0.754. The van der Waals surface area contributed by atoms with Crippen molar-refractivity contribution in [3.63, 3.8) is 0 Å². The largest absolute Gasteiger partial charge is 0.503 e. The van der Waals surface area contributed by atoms with Crippen molar-refractivity contribution in [3.05, 3.63) is 69.3 Å². The summed E-state index contributed by atoms with van der Waals surface area (Å²) in [6, 6.07) is 3.23. The van der Waals surface area contributed by atoms with Crippen LogP contribution in [0, 0.1) is 11.6 Å². The first-order valence-electron chi connectivity index (χ1n) is 9.61. The fraction of sp³-hybridized carbons (Fsp3) is 0.333. The first kappa shape index (κ1) is 19.9. The number of nitrogens with two attached hydrogens (primary N) is 1. The third-order valence-electron chi connectivity index (χ3n) is 6.10. The van der Waals surface area contributed by atoms with Gasteiger partial charge in [-0.25, -0.2) is 8.78 Å². The Bertz CT molecular complexity index is 1120. The van der Waals surface area contributed by atoms with Crippen molar-refractivity contribution in [1.82, 2.24) is 14.8 Å². The Labute approximate surface area is 171 Å². The quantitative estimate of drug-likeness (QED) is 0.707. The second kappa shape index (κ2) is 7.16. The molecule has 1 aromatic heterocycles. The first-order chi connectivity index (χ1) is 14.2. The summed E-state index contributed by atoms with van der Waals surface area (Å²) < 4.78 is 28.3. The van der Waals surface area contributed by atoms with Gasteiger partial charge >= 0.3 is 0 Å². The van der Waals surface area contributed by atoms with Gasteiger partial charge in [-0.15, -0.1) is 0 Å². The van der Waals surface area contributed by atoms with E-state index < -0.39 is 28.7 Å². The average Bonchev–Trinajstić information content (AvgIpc) is 2.67. The van der Waals surface area contributed by atoms with Gasteiger partial charge in [0, 0.05) is 44.2 Å². The summed E-state index contributed by atoms with van der Waals surface area (Å²) in [6.45, 7) is 0.490. The van der Waals surface area contributed by atoms with Gasteiger partial charge in [-0.1, -0.05) is 6.07 Å². The van der Waals surface area contributed by atoms with Crippen molar-refractivity contribution in [3.8, 4) is 5.75 Å². The third kappa shape index (κ3) is 3.10. The zero-order valence-corrected chi connectivity index (χ0v) is 16.4. The summed E-state index contributed by atoms with van der Waals surface area (Å²) in [5.41, 5.74) is 5.22. The Balaban J connectivity index is 1.62. The van der Waals surface area contributed by atoms with Crippen molar-refractivity contribution in [2.75, 3.05) is 7.05 Å². The average molecular weight is 416 g/mol. The molecule has 30 heavy (non-hydrogen) atoms. The van der Waals surface area contributed by atoms with E-state index in [2.05, 4.69) is 5.32 Å². The molecule has 158 valence electrons. The number of rotatable bonds is 4. The normalized spacial score (nSPS) is 17.6. The molecular weight excluding hydrogens is 394 g/mol. The van der Waals surface area contributed by atoms with Crippen molar-refractivity contribution in [2.45, 2.75) is 37.9 Å². The second-order valence-corrected chi connectivity index (χ2v) is 7.86. The highest BCUT2D eigenvalue weighted by Gasteiger charge is 2.48. The number of nitrogens with one attached hydrogen (secondary N) is 1. The molecule has 2 aliphatic rings. The zero-order valence-electron chi connectivity index (χ0n) is 16.4. The van der Waals surface area contributed by atoms with Crippen LogP contribution in [0.5, 0.6) is 5.75 Å². The molecular formula is C21H22F2N4O3. The Morgan fingerprint density at radius 3 is 2.70 bits per heavy atom. The number of pyridine rings is 1. The fourth-order valence-corrected chi connectivity index (χ4v) is 4.09. The van der Waals surface area contributed by atoms with E-state index in [1.807, 2.05) is 0 Å². The maximum Gasteiger partial charge on any atom is 0.274 e. The molecule has 1 aliphatic heterocycles. The minimum Gasteiger partial charge on any atom is -0.503 e. The highest BCUT2D eigenvalue weighted by atomic mass is 19.1. The van der Waals surface area contributed by atoms with Gasteiger partial charge in [-0.2, -0.15) is 0 Å². The number of halogens is 2. The molecule has 7 nitrogen and oxygen atoms in total. The summed E-state index contributed by atoms with van der Waals surface area (Å²) in [5, 5.41) is 13.2. The van der Waals surface area contributed by atoms with Gasteiger partial charge in [0.25, 0.3) is 5.91 Å². The maximum absolute atomic E-state index is 13.7. The van der Waals surface area contributed by atoms with E-state index in [0.29, 0.717) is 6.54 Å². The molecule has 0 atom stereocenters. The van der Waals surface area contributed by atoms with Gasteiger partial charge in [0.05, 0.1) is 16.8 Å². The molecule has 1 aliphatic carbocycles. The van der Waals surface area contributed by atoms with Gasteiger partial charge in [-0.05, 0) is 25.3 Å². The number of fused-ring (bicyclic) bond motifs is 1. The van der Waals surface area contributed by atoms with E-state index in [9.17, 15) is 23.5 Å². The maximum atomic E-state index is 13.7. The number of nitrogens with zero attached hydrogens (tertiary/aromatic N) is 2. The molecule has 0 bridgehead atoms. The fourth-order valence-electron chi connectivity index (χ4n) is 4.09. The molecule has 1 saturated carbocycles. The molecule has 0 unspecified atom stereocenters. The lowest BCUT2D eigenvalue weighted by Crippen LogP contribution is -2.60. The minimum absolute atomic E-state index is 0.0253. The number of aromatic hydroxyl groups is 1. The highest BCUT2D eigenvalue weighted by molar-refractivity contribution is 5.96. The van der Waals surface area contributed by atoms with Crippen LogP contribution in [0.2, 0.25) is 0 Å². The Kier molecular flexibility index (Phi) is 4.76. The van der Waals surface area contributed by atoms with Crippen LogP contribution in [0.15, 0.2) is 35.4 Å². The SMILES string of the molecule is CN1C(=O)c2c(O)c(=O)c(/C(N)=C/NCc3ccc(F)cc3F)cn2CC12CCC2. The molecule has 0 saturated heterocycles. The molecule has 2 heterocycles. The third-order valence-corrected chi connectivity index (χ3v) is 6.10. The number of aromatic nitrogens is 1. The van der Waals surface area contributed by atoms with Crippen LogP contribution in [-0.4, -0.2) is 33.1 Å². The first-order valence-corrected chi connectivity index (χ1v) is 9.61. The summed E-state index contributed by atoms with van der Waals surface area (Å²) in [4.78, 5) is 27.0. The summed E-state index contributed by atoms with van der Waals surface area (Å²) in [5.74, 6) is -2.41. The highest BCUT2D eigenvalue weighted by Crippen LogP contribution is 2.42. The van der Waals surface area contributed by atoms with Gasteiger partial charge in [0.2, 0.25) is 5.43 Å². The van der Waals surface area contributed by atoms with Crippen molar-refractivity contribution in [2.24, 2.45) is 5.73 Å². The molecule has 2 aromatic rings. The van der Waals surface area contributed by atoms with Crippen LogP contribution in [0.25, 0.3) is 5.70 Å². The van der Waals surface area contributed by atoms with E-state index in [0.717, 1.165) is 31.4 Å². The molecule has 0 radical (unpaired) electrons. The smallest absolute Gasteiger partial charge is 0.274 e. The lowest BCUT2D eigenvalue weighted by atomic mass is 9.74. The van der Waals surface area contributed by atoms with Gasteiger partial charge < -0.3 is 25.6 Å². The van der Waals surface area contributed by atoms with Crippen LogP contribution in [0.1, 0.15) is 40.9 Å². The van der Waals surface area contributed by atoms with E-state index in [4.69, 9.17) is 5.73 Å².